The van der Waals surface area contributed by atoms with Gasteiger partial charge in [-0.1, -0.05) is 23.9 Å². The van der Waals surface area contributed by atoms with E-state index in [9.17, 15) is 0 Å². The summed E-state index contributed by atoms with van der Waals surface area (Å²) >= 11 is 3.60. The van der Waals surface area contributed by atoms with Gasteiger partial charge in [0, 0.05) is 35.8 Å². The predicted molar refractivity (Wildman–Crippen MR) is 112 cm³/mol. The van der Waals surface area contributed by atoms with E-state index in [1.165, 1.54) is 10.5 Å². The highest BCUT2D eigenvalue weighted by molar-refractivity contribution is 7.99. The Morgan fingerprint density at radius 2 is 2.04 bits per heavy atom. The maximum atomic E-state index is 4.63. The van der Waals surface area contributed by atoms with Crippen molar-refractivity contribution in [3.05, 3.63) is 66.5 Å². The first-order valence-electron chi connectivity index (χ1n) is 8.90. The van der Waals surface area contributed by atoms with Gasteiger partial charge in [-0.05, 0) is 42.9 Å². The number of hydrogen-bond donors (Lipinski definition) is 1. The van der Waals surface area contributed by atoms with Crippen molar-refractivity contribution in [2.75, 3.05) is 5.75 Å². The molecular formula is C20H21N5S2. The van der Waals surface area contributed by atoms with Crippen molar-refractivity contribution in [3.63, 3.8) is 0 Å². The summed E-state index contributed by atoms with van der Waals surface area (Å²) in [5, 5.41) is 0.941. The van der Waals surface area contributed by atoms with E-state index in [2.05, 4.69) is 43.6 Å². The van der Waals surface area contributed by atoms with Crippen LogP contribution in [0.4, 0.5) is 0 Å². The minimum Gasteiger partial charge on any atom is -0.337 e. The van der Waals surface area contributed by atoms with Crippen LogP contribution in [-0.4, -0.2) is 30.3 Å². The number of pyridine rings is 1. The molecule has 0 aliphatic rings. The number of nitrogens with zero attached hydrogens (tertiary/aromatic N) is 4. The number of aryl methyl sites for hydroxylation is 1. The van der Waals surface area contributed by atoms with Crippen LogP contribution in [-0.2, 0) is 12.3 Å². The molecule has 0 bridgehead atoms. The van der Waals surface area contributed by atoms with Crippen molar-refractivity contribution in [2.24, 2.45) is 0 Å². The summed E-state index contributed by atoms with van der Waals surface area (Å²) in [5.41, 5.74) is 4.48. The molecule has 3 aromatic heterocycles. The molecule has 4 aromatic rings. The molecule has 138 valence electrons. The van der Waals surface area contributed by atoms with E-state index in [1.807, 2.05) is 54.9 Å². The van der Waals surface area contributed by atoms with Crippen LogP contribution in [0.15, 0.2) is 65.3 Å². The zero-order chi connectivity index (χ0) is 18.5. The quantitative estimate of drug-likeness (QED) is 0.338. The molecule has 7 heteroatoms. The Morgan fingerprint density at radius 3 is 2.89 bits per heavy atom. The lowest BCUT2D eigenvalue weighted by Gasteiger charge is -2.09. The van der Waals surface area contributed by atoms with Crippen LogP contribution < -0.4 is 0 Å². The number of hydrogen-bond acceptors (Lipinski definition) is 5. The van der Waals surface area contributed by atoms with Gasteiger partial charge in [0.05, 0.1) is 23.1 Å². The van der Waals surface area contributed by atoms with E-state index in [0.717, 1.165) is 46.4 Å². The highest BCUT2D eigenvalue weighted by atomic mass is 32.2. The summed E-state index contributed by atoms with van der Waals surface area (Å²) in [6, 6.07) is 10.2. The summed E-state index contributed by atoms with van der Waals surface area (Å²) in [6.07, 6.45) is 8.74. The minimum absolute atomic E-state index is 0.815. The molecule has 0 atom stereocenters. The van der Waals surface area contributed by atoms with Crippen molar-refractivity contribution in [1.82, 2.24) is 24.5 Å². The van der Waals surface area contributed by atoms with Crippen LogP contribution in [0.3, 0.4) is 0 Å². The number of benzene rings is 1. The highest BCUT2D eigenvalue weighted by Crippen LogP contribution is 2.28. The molecule has 0 aliphatic carbocycles. The molecule has 0 amide bonds. The summed E-state index contributed by atoms with van der Waals surface area (Å²) in [4.78, 5) is 18.0. The zero-order valence-electron chi connectivity index (χ0n) is 15.1. The van der Waals surface area contributed by atoms with Gasteiger partial charge >= 0.3 is 0 Å². The maximum absolute atomic E-state index is 4.63. The van der Waals surface area contributed by atoms with Crippen LogP contribution in [0.2, 0.25) is 0 Å². The van der Waals surface area contributed by atoms with Gasteiger partial charge in [0.2, 0.25) is 0 Å². The van der Waals surface area contributed by atoms with Crippen LogP contribution in [0, 0.1) is 6.92 Å². The summed E-state index contributed by atoms with van der Waals surface area (Å²) in [6.45, 7) is 3.17. The van der Waals surface area contributed by atoms with Crippen LogP contribution in [0.25, 0.3) is 11.0 Å². The maximum Gasteiger partial charge on any atom is 0.166 e. The zero-order valence-corrected chi connectivity index (χ0v) is 16.8. The average Bonchev–Trinajstić information content (AvgIpc) is 3.34. The molecule has 4 rings (SSSR count). The average molecular weight is 396 g/mol. The minimum atomic E-state index is 0.815. The number of fused-ring (bicyclic) bond motifs is 1. The normalized spacial score (nSPS) is 11.3. The van der Waals surface area contributed by atoms with Gasteiger partial charge in [-0.2, -0.15) is 0 Å². The first kappa shape index (κ1) is 18.1. The molecule has 0 unspecified atom stereocenters. The van der Waals surface area contributed by atoms with Crippen molar-refractivity contribution >= 4 is 34.6 Å². The first-order valence-corrected chi connectivity index (χ1v) is 10.9. The van der Waals surface area contributed by atoms with E-state index < -0.39 is 0 Å². The van der Waals surface area contributed by atoms with E-state index in [4.69, 9.17) is 0 Å². The van der Waals surface area contributed by atoms with Gasteiger partial charge in [0.1, 0.15) is 0 Å². The molecule has 1 aromatic carbocycles. The monoisotopic (exact) mass is 395 g/mol. The lowest BCUT2D eigenvalue weighted by molar-refractivity contribution is 0.683. The fourth-order valence-electron chi connectivity index (χ4n) is 2.84. The number of thioether (sulfide) groups is 2. The van der Waals surface area contributed by atoms with Crippen LogP contribution >= 0.6 is 23.5 Å². The van der Waals surface area contributed by atoms with Gasteiger partial charge in [0.15, 0.2) is 5.16 Å². The smallest absolute Gasteiger partial charge is 0.166 e. The summed E-state index contributed by atoms with van der Waals surface area (Å²) < 4.78 is 2.12. The molecule has 0 aliphatic heterocycles. The Kier molecular flexibility index (Phi) is 5.79. The van der Waals surface area contributed by atoms with Gasteiger partial charge in [-0.3, -0.25) is 4.98 Å². The Balaban J connectivity index is 1.34. The number of aromatic amines is 1. The molecule has 0 saturated carbocycles. The molecule has 0 spiro atoms. The van der Waals surface area contributed by atoms with E-state index in [-0.39, 0.29) is 0 Å². The second-order valence-corrected chi connectivity index (χ2v) is 8.33. The lowest BCUT2D eigenvalue weighted by Crippen LogP contribution is -1.97. The molecule has 1 N–H and O–H groups in total. The van der Waals surface area contributed by atoms with E-state index in [1.54, 1.807) is 11.8 Å². The predicted octanol–water partition coefficient (Wildman–Crippen LogP) is 4.94. The summed E-state index contributed by atoms with van der Waals surface area (Å²) in [5.74, 6) is 1.90. The second kappa shape index (κ2) is 8.63. The SMILES string of the molecule is Cc1c(SCCCn2ccnc2)ccnc1CSc1nc2ccccc2[nH]1. The van der Waals surface area contributed by atoms with Crippen molar-refractivity contribution in [3.8, 4) is 0 Å². The Hall–Kier alpha value is -2.25. The van der Waals surface area contributed by atoms with Gasteiger partial charge in [-0.25, -0.2) is 9.97 Å². The molecule has 5 nitrogen and oxygen atoms in total. The Labute approximate surface area is 167 Å². The van der Waals surface area contributed by atoms with E-state index >= 15 is 0 Å². The highest BCUT2D eigenvalue weighted by Gasteiger charge is 2.09. The number of H-pyrrole nitrogens is 1. The van der Waals surface area contributed by atoms with Crippen LogP contribution in [0.5, 0.6) is 0 Å². The largest absolute Gasteiger partial charge is 0.337 e. The third-order valence-electron chi connectivity index (χ3n) is 4.35. The van der Waals surface area contributed by atoms with Gasteiger partial charge < -0.3 is 9.55 Å². The summed E-state index contributed by atoms with van der Waals surface area (Å²) in [7, 11) is 0. The second-order valence-electron chi connectivity index (χ2n) is 6.23. The van der Waals surface area contributed by atoms with Gasteiger partial charge in [0.25, 0.3) is 0 Å². The van der Waals surface area contributed by atoms with Crippen molar-refractivity contribution in [1.29, 1.82) is 0 Å². The Morgan fingerprint density at radius 1 is 1.11 bits per heavy atom. The topological polar surface area (TPSA) is 59.4 Å². The molecular weight excluding hydrogens is 374 g/mol. The molecule has 27 heavy (non-hydrogen) atoms. The molecule has 3 heterocycles. The fourth-order valence-corrected chi connectivity index (χ4v) is 4.74. The lowest BCUT2D eigenvalue weighted by atomic mass is 10.2. The number of para-hydroxylation sites is 2. The Bertz CT molecular complexity index is 977. The fraction of sp³-hybridized carbons (Fsp3) is 0.250. The number of rotatable bonds is 8. The third kappa shape index (κ3) is 4.54. The number of aromatic nitrogens is 5. The molecule has 0 saturated heterocycles. The number of imidazole rings is 2. The van der Waals surface area contributed by atoms with Crippen molar-refractivity contribution in [2.45, 2.75) is 35.7 Å². The first-order chi connectivity index (χ1) is 13.3. The standard InChI is InChI=1S/C20H21N5S2/c1-15-18(13-27-20-23-16-5-2-3-6-17(16)24-20)22-8-7-19(15)26-12-4-10-25-11-9-21-14-25/h2-3,5-9,11,14H,4,10,12-13H2,1H3,(H,23,24). The number of nitrogens with one attached hydrogen (secondary N) is 1. The van der Waals surface area contributed by atoms with E-state index in [0.29, 0.717) is 0 Å². The molecule has 0 fully saturated rings. The molecule has 0 radical (unpaired) electrons. The van der Waals surface area contributed by atoms with Gasteiger partial charge in [-0.15, -0.1) is 11.8 Å². The third-order valence-corrected chi connectivity index (χ3v) is 6.48. The van der Waals surface area contributed by atoms with Crippen molar-refractivity contribution < 1.29 is 0 Å². The van der Waals surface area contributed by atoms with Crippen LogP contribution in [0.1, 0.15) is 17.7 Å².